The van der Waals surface area contributed by atoms with Gasteiger partial charge in [-0.3, -0.25) is 9.80 Å². The smallest absolute Gasteiger partial charge is 0.399 e. The van der Waals surface area contributed by atoms with Crippen molar-refractivity contribution in [1.82, 2.24) is 9.88 Å². The molecular formula is C18H16ClF4N5O. The van der Waals surface area contributed by atoms with Gasteiger partial charge in [-0.05, 0) is 24.3 Å². The molecule has 6 nitrogen and oxygen atoms in total. The van der Waals surface area contributed by atoms with E-state index in [4.69, 9.17) is 23.2 Å². The molecule has 3 rings (SSSR count). The van der Waals surface area contributed by atoms with Gasteiger partial charge < -0.3 is 10.6 Å². The first-order valence-corrected chi connectivity index (χ1v) is 8.77. The molecule has 2 heterocycles. The van der Waals surface area contributed by atoms with Crippen molar-refractivity contribution in [2.45, 2.75) is 12.6 Å². The van der Waals surface area contributed by atoms with Crippen LogP contribution in [0.5, 0.6) is 0 Å². The summed E-state index contributed by atoms with van der Waals surface area (Å²) < 4.78 is 52.4. The average Bonchev–Trinajstić information content (AvgIpc) is 2.66. The quantitative estimate of drug-likeness (QED) is 0.338. The van der Waals surface area contributed by atoms with Crippen LogP contribution in [0, 0.1) is 5.95 Å². The number of aromatic nitrogens is 1. The van der Waals surface area contributed by atoms with Crippen LogP contribution >= 0.6 is 11.6 Å². The zero-order chi connectivity index (χ0) is 21.3. The van der Waals surface area contributed by atoms with Gasteiger partial charge in [-0.25, -0.2) is 10.8 Å². The summed E-state index contributed by atoms with van der Waals surface area (Å²) in [6, 6.07) is 7.23. The third-order valence-corrected chi connectivity index (χ3v) is 4.82. The van der Waals surface area contributed by atoms with Crippen molar-refractivity contribution >= 4 is 23.3 Å². The van der Waals surface area contributed by atoms with Crippen LogP contribution < -0.4 is 16.6 Å². The molecule has 0 bridgehead atoms. The minimum absolute atomic E-state index is 0.0796. The minimum atomic E-state index is -4.68. The maximum Gasteiger partial charge on any atom is 0.417 e. The molecule has 1 aliphatic rings. The van der Waals surface area contributed by atoms with E-state index in [9.17, 15) is 22.4 Å². The summed E-state index contributed by atoms with van der Waals surface area (Å²) in [6.07, 6.45) is -4.48. The lowest BCUT2D eigenvalue weighted by atomic mass is 10.1. The fraction of sp³-hybridized carbons (Fsp3) is 0.222. The van der Waals surface area contributed by atoms with Crippen LogP contribution in [0.25, 0.3) is 0 Å². The van der Waals surface area contributed by atoms with Crippen LogP contribution in [0.4, 0.5) is 23.4 Å². The van der Waals surface area contributed by atoms with Crippen LogP contribution in [0.15, 0.2) is 47.8 Å². The van der Waals surface area contributed by atoms with E-state index in [-0.39, 0.29) is 36.6 Å². The van der Waals surface area contributed by atoms with E-state index in [1.807, 2.05) is 0 Å². The first-order chi connectivity index (χ1) is 13.6. The number of carbonyl (C=O) groups excluding carboxylic acids is 1. The normalized spacial score (nSPS) is 14.9. The maximum atomic E-state index is 13.3. The molecule has 1 aliphatic heterocycles. The Morgan fingerprint density at radius 3 is 2.52 bits per heavy atom. The van der Waals surface area contributed by atoms with Crippen molar-refractivity contribution in [3.8, 4) is 0 Å². The number of halogens is 5. The van der Waals surface area contributed by atoms with Gasteiger partial charge in [-0.1, -0.05) is 23.7 Å². The number of anilines is 1. The second kappa shape index (κ2) is 7.88. The zero-order valence-electron chi connectivity index (χ0n) is 14.9. The maximum absolute atomic E-state index is 13.3. The van der Waals surface area contributed by atoms with Crippen LogP contribution in [0.1, 0.15) is 22.3 Å². The highest BCUT2D eigenvalue weighted by Crippen LogP contribution is 2.36. The summed E-state index contributed by atoms with van der Waals surface area (Å²) in [5.41, 5.74) is 5.31. The lowest BCUT2D eigenvalue weighted by Crippen LogP contribution is -2.44. The average molecular weight is 430 g/mol. The molecule has 1 aromatic heterocycles. The summed E-state index contributed by atoms with van der Waals surface area (Å²) in [5, 5.41) is 0.458. The Bertz CT molecular complexity index is 979. The molecule has 0 aliphatic carbocycles. The van der Waals surface area contributed by atoms with Gasteiger partial charge in [-0.2, -0.15) is 17.6 Å². The number of hydrazine groups is 1. The van der Waals surface area contributed by atoms with Crippen LogP contribution in [0.3, 0.4) is 0 Å². The van der Waals surface area contributed by atoms with E-state index < -0.39 is 28.6 Å². The fourth-order valence-electron chi connectivity index (χ4n) is 2.98. The van der Waals surface area contributed by atoms with Crippen molar-refractivity contribution in [3.63, 3.8) is 0 Å². The Morgan fingerprint density at radius 2 is 1.90 bits per heavy atom. The Balaban J connectivity index is 1.83. The number of nitrogens with two attached hydrogens (primary N) is 2. The van der Waals surface area contributed by atoms with E-state index in [0.29, 0.717) is 5.70 Å². The SMILES string of the molecule is NC1=C(N(N)c2cccc(F)n2)CCN(C(=O)c2cccc(C(F)(F)F)c2Cl)C1. The Kier molecular flexibility index (Phi) is 5.67. The van der Waals surface area contributed by atoms with Gasteiger partial charge in [0.25, 0.3) is 5.91 Å². The van der Waals surface area contributed by atoms with Gasteiger partial charge in [0, 0.05) is 18.7 Å². The number of carbonyl (C=O) groups is 1. The number of hydrogen-bond donors (Lipinski definition) is 2. The molecule has 0 fully saturated rings. The van der Waals surface area contributed by atoms with E-state index in [2.05, 4.69) is 4.98 Å². The highest BCUT2D eigenvalue weighted by molar-refractivity contribution is 6.34. The van der Waals surface area contributed by atoms with Crippen molar-refractivity contribution < 1.29 is 22.4 Å². The molecule has 154 valence electrons. The lowest BCUT2D eigenvalue weighted by molar-refractivity contribution is -0.137. The highest BCUT2D eigenvalue weighted by atomic mass is 35.5. The summed E-state index contributed by atoms with van der Waals surface area (Å²) >= 11 is 5.84. The van der Waals surface area contributed by atoms with Gasteiger partial charge in [0.15, 0.2) is 0 Å². The number of nitrogens with zero attached hydrogens (tertiary/aromatic N) is 3. The molecule has 0 spiro atoms. The molecule has 2 aromatic rings. The monoisotopic (exact) mass is 429 g/mol. The summed E-state index contributed by atoms with van der Waals surface area (Å²) in [5.74, 6) is 4.70. The standard InChI is InChI=1S/C18H16ClF4N5O/c19-16-10(3-1-4-11(16)18(21,22)23)17(29)27-8-7-13(12(24)9-27)28(25)15-6-2-5-14(20)26-15/h1-6H,7-9,24-25H2. The van der Waals surface area contributed by atoms with Crippen molar-refractivity contribution in [2.24, 2.45) is 11.6 Å². The fourth-order valence-corrected chi connectivity index (χ4v) is 3.30. The van der Waals surface area contributed by atoms with E-state index in [0.717, 1.165) is 23.2 Å². The van der Waals surface area contributed by atoms with Crippen molar-refractivity contribution in [3.05, 3.63) is 69.9 Å². The van der Waals surface area contributed by atoms with Crippen molar-refractivity contribution in [1.29, 1.82) is 0 Å². The largest absolute Gasteiger partial charge is 0.417 e. The van der Waals surface area contributed by atoms with E-state index in [1.54, 1.807) is 0 Å². The van der Waals surface area contributed by atoms with Gasteiger partial charge in [0.2, 0.25) is 5.95 Å². The highest BCUT2D eigenvalue weighted by Gasteiger charge is 2.35. The molecule has 29 heavy (non-hydrogen) atoms. The molecular weight excluding hydrogens is 414 g/mol. The molecule has 1 aromatic carbocycles. The van der Waals surface area contributed by atoms with Crippen molar-refractivity contribution in [2.75, 3.05) is 18.1 Å². The van der Waals surface area contributed by atoms with Gasteiger partial charge in [0.05, 0.1) is 28.4 Å². The van der Waals surface area contributed by atoms with Crippen LogP contribution in [-0.2, 0) is 6.18 Å². The molecule has 0 atom stereocenters. The van der Waals surface area contributed by atoms with Crippen LogP contribution in [-0.4, -0.2) is 28.9 Å². The third-order valence-electron chi connectivity index (χ3n) is 4.41. The number of amides is 1. The second-order valence-electron chi connectivity index (χ2n) is 6.30. The summed E-state index contributed by atoms with van der Waals surface area (Å²) in [7, 11) is 0. The van der Waals surface area contributed by atoms with Gasteiger partial charge >= 0.3 is 6.18 Å². The number of rotatable bonds is 3. The molecule has 0 saturated heterocycles. The number of pyridine rings is 1. The molecule has 4 N–H and O–H groups in total. The van der Waals surface area contributed by atoms with Crippen LogP contribution in [0.2, 0.25) is 5.02 Å². The molecule has 1 amide bonds. The number of benzene rings is 1. The van der Waals surface area contributed by atoms with Gasteiger partial charge in [-0.15, -0.1) is 0 Å². The Morgan fingerprint density at radius 1 is 1.21 bits per heavy atom. The summed E-state index contributed by atoms with van der Waals surface area (Å²) in [4.78, 5) is 17.7. The lowest BCUT2D eigenvalue weighted by Gasteiger charge is -2.33. The number of hydrogen-bond acceptors (Lipinski definition) is 5. The molecule has 0 unspecified atom stereocenters. The predicted molar refractivity (Wildman–Crippen MR) is 99.0 cm³/mol. The van der Waals surface area contributed by atoms with E-state index in [1.165, 1.54) is 23.1 Å². The first-order valence-electron chi connectivity index (χ1n) is 8.39. The predicted octanol–water partition coefficient (Wildman–Crippen LogP) is 3.29. The Labute approximate surface area is 168 Å². The summed E-state index contributed by atoms with van der Waals surface area (Å²) in [6.45, 7) is 0.0498. The first kappa shape index (κ1) is 20.9. The topological polar surface area (TPSA) is 88.5 Å². The second-order valence-corrected chi connectivity index (χ2v) is 6.68. The third kappa shape index (κ3) is 4.28. The zero-order valence-corrected chi connectivity index (χ0v) is 15.6. The number of alkyl halides is 3. The van der Waals surface area contributed by atoms with Gasteiger partial charge in [0.1, 0.15) is 5.82 Å². The Hall–Kier alpha value is -2.85. The van der Waals surface area contributed by atoms with E-state index >= 15 is 0 Å². The molecule has 0 radical (unpaired) electrons. The minimum Gasteiger partial charge on any atom is -0.399 e. The molecule has 11 heteroatoms. The molecule has 0 saturated carbocycles.